The minimum absolute atomic E-state index is 0.266. The van der Waals surface area contributed by atoms with Crippen LogP contribution in [0.5, 0.6) is 0 Å². The third-order valence-corrected chi connectivity index (χ3v) is 1.96. The van der Waals surface area contributed by atoms with E-state index in [1.165, 1.54) is 0 Å². The summed E-state index contributed by atoms with van der Waals surface area (Å²) >= 11 is 0. The van der Waals surface area contributed by atoms with Gasteiger partial charge in [-0.3, -0.25) is 0 Å². The van der Waals surface area contributed by atoms with Crippen molar-refractivity contribution in [1.82, 2.24) is 9.97 Å². The zero-order chi connectivity index (χ0) is 11.6. The largest absolute Gasteiger partial charge is 0.419 e. The van der Waals surface area contributed by atoms with Crippen molar-refractivity contribution in [1.29, 1.82) is 0 Å². The topological polar surface area (TPSA) is 25.8 Å². The Morgan fingerprint density at radius 2 is 1.56 bits per heavy atom. The molecule has 0 N–H and O–H groups in total. The third kappa shape index (κ3) is 2.18. The molecule has 1 heterocycles. The second-order valence-corrected chi connectivity index (χ2v) is 3.08. The van der Waals surface area contributed by atoms with Crippen LogP contribution in [0.2, 0.25) is 0 Å². The van der Waals surface area contributed by atoms with Crippen molar-refractivity contribution in [2.75, 3.05) is 0 Å². The molecule has 2 nitrogen and oxygen atoms in total. The average molecular weight is 223 g/mol. The number of rotatable bonds is 1. The SMILES string of the molecule is FC(F)(F)c1cnc(-c2cc[c]cc2)nc1. The van der Waals surface area contributed by atoms with Gasteiger partial charge in [-0.25, -0.2) is 9.97 Å². The Kier molecular flexibility index (Phi) is 2.60. The Bertz CT molecular complexity index is 463. The van der Waals surface area contributed by atoms with Crippen molar-refractivity contribution in [2.45, 2.75) is 6.18 Å². The summed E-state index contributed by atoms with van der Waals surface area (Å²) in [5, 5.41) is 0. The van der Waals surface area contributed by atoms with Gasteiger partial charge >= 0.3 is 6.18 Å². The van der Waals surface area contributed by atoms with Crippen LogP contribution in [0.4, 0.5) is 13.2 Å². The van der Waals surface area contributed by atoms with Crippen molar-refractivity contribution >= 4 is 0 Å². The molecule has 0 bridgehead atoms. The van der Waals surface area contributed by atoms with E-state index in [0.29, 0.717) is 5.56 Å². The predicted octanol–water partition coefficient (Wildman–Crippen LogP) is 2.96. The van der Waals surface area contributed by atoms with E-state index in [9.17, 15) is 13.2 Å². The molecule has 2 rings (SSSR count). The minimum atomic E-state index is -4.40. The fraction of sp³-hybridized carbons (Fsp3) is 0.0909. The van der Waals surface area contributed by atoms with E-state index in [-0.39, 0.29) is 5.82 Å². The highest BCUT2D eigenvalue weighted by molar-refractivity contribution is 5.53. The van der Waals surface area contributed by atoms with Crippen LogP contribution in [0.3, 0.4) is 0 Å². The molecule has 0 saturated carbocycles. The number of aromatic nitrogens is 2. The molecule has 2 aromatic rings. The van der Waals surface area contributed by atoms with Gasteiger partial charge in [0.05, 0.1) is 5.56 Å². The molecule has 0 aliphatic carbocycles. The molecular formula is C11H6F3N2. The lowest BCUT2D eigenvalue weighted by molar-refractivity contribution is -0.138. The normalized spacial score (nSPS) is 11.4. The first-order valence-corrected chi connectivity index (χ1v) is 4.43. The van der Waals surface area contributed by atoms with Gasteiger partial charge < -0.3 is 0 Å². The van der Waals surface area contributed by atoms with Gasteiger partial charge in [-0.15, -0.1) is 0 Å². The van der Waals surface area contributed by atoms with Gasteiger partial charge in [-0.05, 0) is 6.07 Å². The number of benzene rings is 1. The molecule has 0 unspecified atom stereocenters. The first-order valence-electron chi connectivity index (χ1n) is 4.43. The second-order valence-electron chi connectivity index (χ2n) is 3.08. The molecule has 1 aromatic heterocycles. The maximum atomic E-state index is 12.2. The van der Waals surface area contributed by atoms with Crippen LogP contribution in [-0.2, 0) is 6.18 Å². The smallest absolute Gasteiger partial charge is 0.236 e. The van der Waals surface area contributed by atoms with Gasteiger partial charge in [0.15, 0.2) is 5.82 Å². The van der Waals surface area contributed by atoms with Crippen molar-refractivity contribution < 1.29 is 13.2 Å². The lowest BCUT2D eigenvalue weighted by Crippen LogP contribution is -2.06. The second kappa shape index (κ2) is 3.92. The van der Waals surface area contributed by atoms with Crippen LogP contribution in [0.15, 0.2) is 36.7 Å². The van der Waals surface area contributed by atoms with Gasteiger partial charge in [0.1, 0.15) is 0 Å². The van der Waals surface area contributed by atoms with Gasteiger partial charge in [-0.1, -0.05) is 24.3 Å². The van der Waals surface area contributed by atoms with Crippen LogP contribution in [0.1, 0.15) is 5.56 Å². The van der Waals surface area contributed by atoms with Crippen molar-refractivity contribution in [3.8, 4) is 11.4 Å². The van der Waals surface area contributed by atoms with Crippen molar-refractivity contribution in [3.05, 3.63) is 48.3 Å². The summed E-state index contributed by atoms with van der Waals surface area (Å²) in [6.07, 6.45) is -2.85. The molecule has 1 radical (unpaired) electrons. The molecule has 0 amide bonds. The Hall–Kier alpha value is -1.91. The zero-order valence-corrected chi connectivity index (χ0v) is 7.99. The number of alkyl halides is 3. The zero-order valence-electron chi connectivity index (χ0n) is 7.99. The molecule has 5 heteroatoms. The van der Waals surface area contributed by atoms with E-state index in [1.54, 1.807) is 24.3 Å². The maximum absolute atomic E-state index is 12.2. The number of nitrogens with zero attached hydrogens (tertiary/aromatic N) is 2. The molecule has 16 heavy (non-hydrogen) atoms. The van der Waals surface area contributed by atoms with Crippen LogP contribution in [0, 0.1) is 6.07 Å². The van der Waals surface area contributed by atoms with Crippen molar-refractivity contribution in [3.63, 3.8) is 0 Å². The third-order valence-electron chi connectivity index (χ3n) is 1.96. The van der Waals surface area contributed by atoms with Crippen LogP contribution >= 0.6 is 0 Å². The van der Waals surface area contributed by atoms with Gasteiger partial charge in [0.2, 0.25) is 0 Å². The molecule has 0 saturated heterocycles. The predicted molar refractivity (Wildman–Crippen MR) is 51.3 cm³/mol. The summed E-state index contributed by atoms with van der Waals surface area (Å²) in [7, 11) is 0. The van der Waals surface area contributed by atoms with Crippen LogP contribution < -0.4 is 0 Å². The van der Waals surface area contributed by atoms with E-state index in [4.69, 9.17) is 0 Å². The highest BCUT2D eigenvalue weighted by Crippen LogP contribution is 2.28. The van der Waals surface area contributed by atoms with E-state index in [1.807, 2.05) is 0 Å². The fourth-order valence-corrected chi connectivity index (χ4v) is 1.16. The highest BCUT2D eigenvalue weighted by Gasteiger charge is 2.31. The Morgan fingerprint density at radius 3 is 2.06 bits per heavy atom. The monoisotopic (exact) mass is 223 g/mol. The van der Waals surface area contributed by atoms with E-state index in [0.717, 1.165) is 12.4 Å². The summed E-state index contributed by atoms with van der Waals surface area (Å²) in [5.41, 5.74) is -0.189. The first kappa shape index (κ1) is 10.6. The summed E-state index contributed by atoms with van der Waals surface area (Å²) in [5.74, 6) is 0.266. The summed E-state index contributed by atoms with van der Waals surface area (Å²) in [4.78, 5) is 7.34. The number of hydrogen-bond donors (Lipinski definition) is 0. The number of halogens is 3. The molecule has 81 valence electrons. The van der Waals surface area contributed by atoms with Gasteiger partial charge in [-0.2, -0.15) is 13.2 Å². The highest BCUT2D eigenvalue weighted by atomic mass is 19.4. The average Bonchev–Trinajstić information content (AvgIpc) is 2.29. The molecule has 0 aliphatic rings. The standard InChI is InChI=1S/C11H6F3N2/c12-11(13,14)9-6-15-10(16-7-9)8-4-2-1-3-5-8/h2-7H. The lowest BCUT2D eigenvalue weighted by Gasteiger charge is -2.05. The van der Waals surface area contributed by atoms with Gasteiger partial charge in [0, 0.05) is 18.0 Å². The summed E-state index contributed by atoms with van der Waals surface area (Å²) in [6, 6.07) is 9.47. The Morgan fingerprint density at radius 1 is 1.00 bits per heavy atom. The van der Waals surface area contributed by atoms with Crippen molar-refractivity contribution in [2.24, 2.45) is 0 Å². The molecule has 1 aromatic carbocycles. The number of hydrogen-bond acceptors (Lipinski definition) is 2. The summed E-state index contributed by atoms with van der Waals surface area (Å²) < 4.78 is 36.7. The maximum Gasteiger partial charge on any atom is 0.419 e. The Balaban J connectivity index is 2.34. The van der Waals surface area contributed by atoms with E-state index in [2.05, 4.69) is 16.0 Å². The molecule has 0 spiro atoms. The van der Waals surface area contributed by atoms with E-state index < -0.39 is 11.7 Å². The van der Waals surface area contributed by atoms with E-state index >= 15 is 0 Å². The van der Waals surface area contributed by atoms with Gasteiger partial charge in [0.25, 0.3) is 0 Å². The van der Waals surface area contributed by atoms with Crippen LogP contribution in [-0.4, -0.2) is 9.97 Å². The quantitative estimate of drug-likeness (QED) is 0.742. The first-order chi connectivity index (χ1) is 7.57. The molecular weight excluding hydrogens is 217 g/mol. The molecule has 0 fully saturated rings. The van der Waals surface area contributed by atoms with Crippen LogP contribution in [0.25, 0.3) is 11.4 Å². The lowest BCUT2D eigenvalue weighted by atomic mass is 10.2. The Labute approximate surface area is 89.8 Å². The summed E-state index contributed by atoms with van der Waals surface area (Å²) in [6.45, 7) is 0. The molecule has 0 atom stereocenters. The fourth-order valence-electron chi connectivity index (χ4n) is 1.16. The molecule has 0 aliphatic heterocycles. The minimum Gasteiger partial charge on any atom is -0.236 e.